The van der Waals surface area contributed by atoms with Gasteiger partial charge in [-0.2, -0.15) is 0 Å². The standard InChI is InChI=1S/C19H24N2O3/c1-24-19-7-6-14(22)11-17(19)21(9-8-19)18(23)10-13-12-20-16-5-3-2-4-15(13)16/h2-5,12,14,17,20,22H,6-11H2,1H3/t14-,17+,19-/m1/s1. The minimum absolute atomic E-state index is 0.0102. The van der Waals surface area contributed by atoms with E-state index in [0.717, 1.165) is 35.7 Å². The normalized spacial score (nSPS) is 29.8. The van der Waals surface area contributed by atoms with Gasteiger partial charge in [-0.1, -0.05) is 18.2 Å². The first-order valence-electron chi connectivity index (χ1n) is 8.71. The molecule has 1 saturated heterocycles. The van der Waals surface area contributed by atoms with Gasteiger partial charge in [0.15, 0.2) is 0 Å². The van der Waals surface area contributed by atoms with Gasteiger partial charge in [-0.25, -0.2) is 0 Å². The largest absolute Gasteiger partial charge is 0.393 e. The Morgan fingerprint density at radius 1 is 1.42 bits per heavy atom. The summed E-state index contributed by atoms with van der Waals surface area (Å²) < 4.78 is 5.83. The number of rotatable bonds is 3. The molecule has 2 fully saturated rings. The topological polar surface area (TPSA) is 65.6 Å². The Balaban J connectivity index is 1.56. The summed E-state index contributed by atoms with van der Waals surface area (Å²) in [5, 5.41) is 11.2. The summed E-state index contributed by atoms with van der Waals surface area (Å²) in [7, 11) is 1.73. The van der Waals surface area contributed by atoms with Crippen LogP contribution < -0.4 is 0 Å². The molecular weight excluding hydrogens is 304 g/mol. The number of aliphatic hydroxyl groups excluding tert-OH is 1. The minimum Gasteiger partial charge on any atom is -0.393 e. The van der Waals surface area contributed by atoms with Gasteiger partial charge in [0.1, 0.15) is 0 Å². The molecule has 128 valence electrons. The molecule has 1 aliphatic carbocycles. The molecule has 3 atom stereocenters. The van der Waals surface area contributed by atoms with Crippen molar-refractivity contribution >= 4 is 16.8 Å². The van der Waals surface area contributed by atoms with E-state index in [1.807, 2.05) is 35.4 Å². The first-order chi connectivity index (χ1) is 11.6. The van der Waals surface area contributed by atoms with E-state index in [0.29, 0.717) is 19.4 Å². The Morgan fingerprint density at radius 2 is 2.25 bits per heavy atom. The number of ether oxygens (including phenoxy) is 1. The molecule has 1 aliphatic heterocycles. The van der Waals surface area contributed by atoms with Crippen molar-refractivity contribution in [3.8, 4) is 0 Å². The number of aromatic amines is 1. The summed E-state index contributed by atoms with van der Waals surface area (Å²) in [6.45, 7) is 0.715. The van der Waals surface area contributed by atoms with Gasteiger partial charge < -0.3 is 19.7 Å². The van der Waals surface area contributed by atoms with Crippen LogP contribution in [0.5, 0.6) is 0 Å². The smallest absolute Gasteiger partial charge is 0.227 e. The van der Waals surface area contributed by atoms with Crippen LogP contribution in [0.4, 0.5) is 0 Å². The number of benzene rings is 1. The Morgan fingerprint density at radius 3 is 3.08 bits per heavy atom. The lowest BCUT2D eigenvalue weighted by molar-refractivity contribution is -0.139. The second-order valence-corrected chi connectivity index (χ2v) is 7.09. The van der Waals surface area contributed by atoms with E-state index in [1.165, 1.54) is 0 Å². The average Bonchev–Trinajstić information content (AvgIpc) is 3.17. The third-order valence-corrected chi connectivity index (χ3v) is 5.90. The molecule has 2 aromatic rings. The van der Waals surface area contributed by atoms with Crippen LogP contribution in [0.3, 0.4) is 0 Å². The summed E-state index contributed by atoms with van der Waals surface area (Å²) in [6.07, 6.45) is 5.04. The highest BCUT2D eigenvalue weighted by molar-refractivity contribution is 5.89. The molecule has 24 heavy (non-hydrogen) atoms. The van der Waals surface area contributed by atoms with Crippen LogP contribution in [-0.4, -0.2) is 52.3 Å². The molecule has 0 unspecified atom stereocenters. The molecule has 0 spiro atoms. The van der Waals surface area contributed by atoms with Crippen LogP contribution in [-0.2, 0) is 16.0 Å². The van der Waals surface area contributed by atoms with Crippen LogP contribution in [0.15, 0.2) is 30.5 Å². The number of aliphatic hydroxyl groups is 1. The van der Waals surface area contributed by atoms with E-state index in [-0.39, 0.29) is 23.7 Å². The number of carbonyl (C=O) groups is 1. The van der Waals surface area contributed by atoms with Crippen molar-refractivity contribution in [1.82, 2.24) is 9.88 Å². The third kappa shape index (κ3) is 2.43. The molecule has 2 N–H and O–H groups in total. The van der Waals surface area contributed by atoms with Crippen LogP contribution in [0, 0.1) is 0 Å². The maximum absolute atomic E-state index is 13.0. The molecule has 1 aromatic carbocycles. The summed E-state index contributed by atoms with van der Waals surface area (Å²) in [5.74, 6) is 0.123. The quantitative estimate of drug-likeness (QED) is 0.908. The zero-order chi connectivity index (χ0) is 16.7. The highest BCUT2D eigenvalue weighted by Crippen LogP contribution is 2.42. The van der Waals surface area contributed by atoms with Crippen LogP contribution in [0.25, 0.3) is 10.9 Å². The molecule has 0 radical (unpaired) electrons. The fraction of sp³-hybridized carbons (Fsp3) is 0.526. The van der Waals surface area contributed by atoms with Gasteiger partial charge in [-0.15, -0.1) is 0 Å². The average molecular weight is 328 g/mol. The van der Waals surface area contributed by atoms with Gasteiger partial charge in [-0.05, 0) is 37.3 Å². The van der Waals surface area contributed by atoms with Crippen molar-refractivity contribution in [1.29, 1.82) is 0 Å². The number of H-pyrrole nitrogens is 1. The molecular formula is C19H24N2O3. The fourth-order valence-corrected chi connectivity index (χ4v) is 4.52. The van der Waals surface area contributed by atoms with E-state index >= 15 is 0 Å². The number of para-hydroxylation sites is 1. The molecule has 5 nitrogen and oxygen atoms in total. The van der Waals surface area contributed by atoms with Gasteiger partial charge in [0.05, 0.1) is 24.2 Å². The lowest BCUT2D eigenvalue weighted by atomic mass is 9.79. The molecule has 5 heteroatoms. The zero-order valence-corrected chi connectivity index (χ0v) is 14.0. The Kier molecular flexibility index (Phi) is 3.85. The van der Waals surface area contributed by atoms with E-state index < -0.39 is 0 Å². The van der Waals surface area contributed by atoms with E-state index in [9.17, 15) is 9.90 Å². The Hall–Kier alpha value is -1.85. The van der Waals surface area contributed by atoms with E-state index in [1.54, 1.807) is 7.11 Å². The van der Waals surface area contributed by atoms with Crippen LogP contribution in [0.1, 0.15) is 31.2 Å². The molecule has 1 saturated carbocycles. The van der Waals surface area contributed by atoms with Crippen molar-refractivity contribution in [2.75, 3.05) is 13.7 Å². The number of fused-ring (bicyclic) bond motifs is 2. The summed E-state index contributed by atoms with van der Waals surface area (Å²) >= 11 is 0. The number of amides is 1. The molecule has 1 aromatic heterocycles. The Bertz CT molecular complexity index is 756. The van der Waals surface area contributed by atoms with Crippen molar-refractivity contribution in [3.63, 3.8) is 0 Å². The highest BCUT2D eigenvalue weighted by Gasteiger charge is 2.52. The summed E-state index contributed by atoms with van der Waals surface area (Å²) in [5.41, 5.74) is 1.82. The molecule has 1 amide bonds. The summed E-state index contributed by atoms with van der Waals surface area (Å²) in [4.78, 5) is 18.1. The van der Waals surface area contributed by atoms with Gasteiger partial charge in [0.25, 0.3) is 0 Å². The van der Waals surface area contributed by atoms with E-state index in [4.69, 9.17) is 4.74 Å². The minimum atomic E-state index is -0.334. The first kappa shape index (κ1) is 15.7. The Labute approximate surface area is 141 Å². The number of methoxy groups -OCH3 is 1. The number of hydrogen-bond donors (Lipinski definition) is 2. The molecule has 2 heterocycles. The number of nitrogens with zero attached hydrogens (tertiary/aromatic N) is 1. The molecule has 4 rings (SSSR count). The first-order valence-corrected chi connectivity index (χ1v) is 8.71. The maximum Gasteiger partial charge on any atom is 0.227 e. The van der Waals surface area contributed by atoms with Gasteiger partial charge in [0, 0.05) is 30.8 Å². The third-order valence-electron chi connectivity index (χ3n) is 5.90. The van der Waals surface area contributed by atoms with Crippen molar-refractivity contribution in [2.24, 2.45) is 0 Å². The van der Waals surface area contributed by atoms with Gasteiger partial charge >= 0.3 is 0 Å². The predicted octanol–water partition coefficient (Wildman–Crippen LogP) is 2.24. The number of nitrogens with one attached hydrogen (secondary N) is 1. The monoisotopic (exact) mass is 328 g/mol. The lowest BCUT2D eigenvalue weighted by Gasteiger charge is -2.42. The van der Waals surface area contributed by atoms with E-state index in [2.05, 4.69) is 4.98 Å². The van der Waals surface area contributed by atoms with Crippen LogP contribution in [0.2, 0.25) is 0 Å². The van der Waals surface area contributed by atoms with Crippen molar-refractivity contribution in [2.45, 2.75) is 49.9 Å². The second-order valence-electron chi connectivity index (χ2n) is 7.09. The van der Waals surface area contributed by atoms with Crippen LogP contribution >= 0.6 is 0 Å². The molecule has 0 bridgehead atoms. The summed E-state index contributed by atoms with van der Waals surface area (Å²) in [6, 6.07) is 8.03. The number of hydrogen-bond acceptors (Lipinski definition) is 3. The number of carbonyl (C=O) groups excluding carboxylic acids is 1. The maximum atomic E-state index is 13.0. The van der Waals surface area contributed by atoms with Crippen molar-refractivity contribution < 1.29 is 14.6 Å². The predicted molar refractivity (Wildman–Crippen MR) is 91.7 cm³/mol. The fourth-order valence-electron chi connectivity index (χ4n) is 4.52. The lowest BCUT2D eigenvalue weighted by Crippen LogP contribution is -2.53. The zero-order valence-electron chi connectivity index (χ0n) is 14.0. The highest BCUT2D eigenvalue weighted by atomic mass is 16.5. The van der Waals surface area contributed by atoms with Gasteiger partial charge in [-0.3, -0.25) is 4.79 Å². The second kappa shape index (κ2) is 5.90. The number of aromatic nitrogens is 1. The van der Waals surface area contributed by atoms with Crippen molar-refractivity contribution in [3.05, 3.63) is 36.0 Å². The number of likely N-dealkylation sites (tertiary alicyclic amines) is 1. The van der Waals surface area contributed by atoms with Gasteiger partial charge in [0.2, 0.25) is 5.91 Å². The molecule has 2 aliphatic rings. The SMILES string of the molecule is CO[C@@]12CC[C@@H](O)C[C@@H]1N(C(=O)Cc1c[nH]c3ccccc13)CC2.